The maximum Gasteiger partial charge on any atom is 0.273 e. The molecular weight excluding hydrogens is 366 g/mol. The molecule has 0 aliphatic heterocycles. The monoisotopic (exact) mass is 379 g/mol. The number of fused-ring (bicyclic) bond motifs is 1. The Hall–Kier alpha value is -1.96. The van der Waals surface area contributed by atoms with Gasteiger partial charge in [0.05, 0.1) is 6.54 Å². The van der Waals surface area contributed by atoms with Crippen molar-refractivity contribution >= 4 is 45.5 Å². The van der Waals surface area contributed by atoms with Crippen LogP contribution in [0.15, 0.2) is 48.0 Å². The summed E-state index contributed by atoms with van der Waals surface area (Å²) in [5.74, 6) is 0.664. The number of nitrogens with zero attached hydrogens (tertiary/aromatic N) is 3. The third-order valence-electron chi connectivity index (χ3n) is 3.35. The van der Waals surface area contributed by atoms with Crippen molar-refractivity contribution in [1.29, 1.82) is 0 Å². The van der Waals surface area contributed by atoms with Crippen LogP contribution in [0.5, 0.6) is 5.75 Å². The average molecular weight is 380 g/mol. The summed E-state index contributed by atoms with van der Waals surface area (Å²) in [4.78, 5) is 16.9. The van der Waals surface area contributed by atoms with Crippen LogP contribution in [0.2, 0.25) is 5.02 Å². The predicted octanol–water partition coefficient (Wildman–Crippen LogP) is 3.91. The van der Waals surface area contributed by atoms with Gasteiger partial charge in [0.15, 0.2) is 9.60 Å². The zero-order chi connectivity index (χ0) is 17.1. The standard InChI is InChI=1S/C16H14ClN3O2S2/c1-2-6-20-14-13(24-16(20)23)15(21)19(10-18-14)7-8-22-12-5-3-4-11(17)9-12/h2-5,9-10H,1,6-8H2. The maximum absolute atomic E-state index is 12.6. The Kier molecular flexibility index (Phi) is 5.13. The summed E-state index contributed by atoms with van der Waals surface area (Å²) in [6.07, 6.45) is 3.25. The highest BCUT2D eigenvalue weighted by molar-refractivity contribution is 7.73. The molecule has 0 unspecified atom stereocenters. The predicted molar refractivity (Wildman–Crippen MR) is 99.8 cm³/mol. The van der Waals surface area contributed by atoms with Crippen molar-refractivity contribution < 1.29 is 4.74 Å². The summed E-state index contributed by atoms with van der Waals surface area (Å²) in [7, 11) is 0. The van der Waals surface area contributed by atoms with Gasteiger partial charge in [0.1, 0.15) is 23.4 Å². The van der Waals surface area contributed by atoms with Crippen molar-refractivity contribution in [2.75, 3.05) is 6.61 Å². The van der Waals surface area contributed by atoms with Crippen molar-refractivity contribution in [3.63, 3.8) is 0 Å². The van der Waals surface area contributed by atoms with E-state index in [1.54, 1.807) is 22.8 Å². The maximum atomic E-state index is 12.6. The molecule has 0 N–H and O–H groups in total. The molecule has 124 valence electrons. The lowest BCUT2D eigenvalue weighted by atomic mass is 10.3. The minimum atomic E-state index is -0.117. The number of hydrogen-bond donors (Lipinski definition) is 0. The Morgan fingerprint density at radius 2 is 2.29 bits per heavy atom. The summed E-state index contributed by atoms with van der Waals surface area (Å²) in [6.45, 7) is 4.96. The zero-order valence-electron chi connectivity index (χ0n) is 12.6. The Morgan fingerprint density at radius 1 is 1.46 bits per heavy atom. The van der Waals surface area contributed by atoms with Crippen LogP contribution in [0.4, 0.5) is 0 Å². The van der Waals surface area contributed by atoms with Crippen molar-refractivity contribution in [2.24, 2.45) is 0 Å². The largest absolute Gasteiger partial charge is 0.492 e. The van der Waals surface area contributed by atoms with Crippen LogP contribution in [0.3, 0.4) is 0 Å². The summed E-state index contributed by atoms with van der Waals surface area (Å²) in [5, 5.41) is 0.607. The molecule has 1 aromatic carbocycles. The Morgan fingerprint density at radius 3 is 3.04 bits per heavy atom. The molecular formula is C16H14ClN3O2S2. The van der Waals surface area contributed by atoms with Gasteiger partial charge in [-0.1, -0.05) is 35.1 Å². The number of allylic oxidation sites excluding steroid dienone is 1. The summed E-state index contributed by atoms with van der Waals surface area (Å²) in [5.41, 5.74) is 0.482. The lowest BCUT2D eigenvalue weighted by Gasteiger charge is -2.08. The van der Waals surface area contributed by atoms with Crippen molar-refractivity contribution in [3.05, 3.63) is 62.6 Å². The second-order valence-electron chi connectivity index (χ2n) is 4.97. The van der Waals surface area contributed by atoms with Crippen molar-refractivity contribution in [2.45, 2.75) is 13.1 Å². The van der Waals surface area contributed by atoms with E-state index in [9.17, 15) is 4.79 Å². The number of thiazole rings is 1. The molecule has 0 amide bonds. The molecule has 0 aliphatic carbocycles. The van der Waals surface area contributed by atoms with Crippen LogP contribution in [0, 0.1) is 3.95 Å². The Labute approximate surface area is 152 Å². The quantitative estimate of drug-likeness (QED) is 0.481. The molecule has 0 saturated heterocycles. The van der Waals surface area contributed by atoms with Crippen LogP contribution in [0.25, 0.3) is 10.3 Å². The highest BCUT2D eigenvalue weighted by Gasteiger charge is 2.11. The number of halogens is 1. The van der Waals surface area contributed by atoms with Gasteiger partial charge in [-0.15, -0.1) is 6.58 Å². The molecule has 24 heavy (non-hydrogen) atoms. The summed E-state index contributed by atoms with van der Waals surface area (Å²) >= 11 is 12.5. The van der Waals surface area contributed by atoms with E-state index in [-0.39, 0.29) is 5.56 Å². The molecule has 3 aromatic rings. The molecule has 0 aliphatic rings. The average Bonchev–Trinajstić information content (AvgIpc) is 2.87. The van der Waals surface area contributed by atoms with E-state index in [0.29, 0.717) is 44.8 Å². The van der Waals surface area contributed by atoms with Crippen LogP contribution in [-0.4, -0.2) is 20.7 Å². The van der Waals surface area contributed by atoms with Crippen LogP contribution in [-0.2, 0) is 13.1 Å². The van der Waals surface area contributed by atoms with E-state index >= 15 is 0 Å². The van der Waals surface area contributed by atoms with Crippen molar-refractivity contribution in [1.82, 2.24) is 14.1 Å². The van der Waals surface area contributed by atoms with Crippen LogP contribution >= 0.6 is 35.2 Å². The molecule has 0 fully saturated rings. The van der Waals surface area contributed by atoms with Gasteiger partial charge in [-0.05, 0) is 30.4 Å². The second-order valence-corrected chi connectivity index (χ2v) is 7.05. The first-order valence-electron chi connectivity index (χ1n) is 7.18. The van der Waals surface area contributed by atoms with Crippen molar-refractivity contribution in [3.8, 4) is 5.75 Å². The number of benzene rings is 1. The third-order valence-corrected chi connectivity index (χ3v) is 5.01. The number of ether oxygens (including phenoxy) is 1. The van der Waals surface area contributed by atoms with E-state index in [0.717, 1.165) is 0 Å². The molecule has 0 bridgehead atoms. The van der Waals surface area contributed by atoms with E-state index in [2.05, 4.69) is 11.6 Å². The first kappa shape index (κ1) is 16.9. The fourth-order valence-electron chi connectivity index (χ4n) is 2.24. The molecule has 2 heterocycles. The van der Waals surface area contributed by atoms with Gasteiger partial charge < -0.3 is 9.30 Å². The van der Waals surface area contributed by atoms with E-state index in [1.807, 2.05) is 12.1 Å². The fourth-order valence-corrected chi connectivity index (χ4v) is 3.74. The Balaban J connectivity index is 1.80. The van der Waals surface area contributed by atoms with E-state index in [1.165, 1.54) is 22.2 Å². The topological polar surface area (TPSA) is 49.0 Å². The summed E-state index contributed by atoms with van der Waals surface area (Å²) in [6, 6.07) is 7.13. The first-order chi connectivity index (χ1) is 11.6. The van der Waals surface area contributed by atoms with Gasteiger partial charge in [-0.2, -0.15) is 0 Å². The molecule has 3 rings (SSSR count). The highest BCUT2D eigenvalue weighted by Crippen LogP contribution is 2.18. The number of hydrogen-bond acceptors (Lipinski definition) is 5. The van der Waals surface area contributed by atoms with Crippen LogP contribution < -0.4 is 10.3 Å². The molecule has 0 spiro atoms. The first-order valence-corrected chi connectivity index (χ1v) is 8.78. The second kappa shape index (κ2) is 7.29. The van der Waals surface area contributed by atoms with Gasteiger partial charge in [0.2, 0.25) is 0 Å². The minimum absolute atomic E-state index is 0.117. The normalized spacial score (nSPS) is 10.9. The SMILES string of the molecule is C=CCn1c(=S)sc2c(=O)n(CCOc3cccc(Cl)c3)cnc21. The van der Waals surface area contributed by atoms with Gasteiger partial charge in [0.25, 0.3) is 5.56 Å². The number of rotatable bonds is 6. The van der Waals surface area contributed by atoms with E-state index in [4.69, 9.17) is 28.6 Å². The molecule has 0 saturated carbocycles. The van der Waals surface area contributed by atoms with Gasteiger partial charge >= 0.3 is 0 Å². The van der Waals surface area contributed by atoms with Gasteiger partial charge in [-0.25, -0.2) is 4.98 Å². The zero-order valence-corrected chi connectivity index (χ0v) is 15.0. The fraction of sp³-hybridized carbons (Fsp3) is 0.188. The van der Waals surface area contributed by atoms with E-state index < -0.39 is 0 Å². The minimum Gasteiger partial charge on any atom is -0.492 e. The lowest BCUT2D eigenvalue weighted by molar-refractivity contribution is 0.296. The van der Waals surface area contributed by atoms with Crippen LogP contribution in [0.1, 0.15) is 0 Å². The molecule has 8 heteroatoms. The lowest BCUT2D eigenvalue weighted by Crippen LogP contribution is -2.23. The molecule has 0 atom stereocenters. The third kappa shape index (κ3) is 3.43. The van der Waals surface area contributed by atoms with Gasteiger partial charge in [-0.3, -0.25) is 9.36 Å². The molecule has 5 nitrogen and oxygen atoms in total. The molecule has 2 aromatic heterocycles. The number of aromatic nitrogens is 3. The molecule has 0 radical (unpaired) electrons. The summed E-state index contributed by atoms with van der Waals surface area (Å²) < 4.78 is 10.1. The smallest absolute Gasteiger partial charge is 0.273 e. The highest BCUT2D eigenvalue weighted by atomic mass is 35.5. The van der Waals surface area contributed by atoms with Gasteiger partial charge in [0, 0.05) is 11.6 Å². The Bertz CT molecular complexity index is 1010.